The van der Waals surface area contributed by atoms with E-state index in [0.717, 1.165) is 11.6 Å². The molecule has 0 amide bonds. The van der Waals surface area contributed by atoms with E-state index in [9.17, 15) is 0 Å². The number of rotatable bonds is 3. The lowest BCUT2D eigenvalue weighted by molar-refractivity contribution is 0.729. The minimum absolute atomic E-state index is 0.458. The number of imidazole rings is 1. The first-order chi connectivity index (χ1) is 6.16. The summed E-state index contributed by atoms with van der Waals surface area (Å²) < 4.78 is 2.27. The molecule has 0 bridgehead atoms. The molecule has 0 atom stereocenters. The number of nitrogens with one attached hydrogen (secondary N) is 1. The van der Waals surface area contributed by atoms with E-state index >= 15 is 0 Å². The smallest absolute Gasteiger partial charge is 0.203 e. The normalized spacial score (nSPS) is 16.6. The third-order valence-corrected chi connectivity index (χ3v) is 2.21. The Bertz CT molecular complexity index is 297. The van der Waals surface area contributed by atoms with Crippen LogP contribution in [0.15, 0.2) is 6.20 Å². The van der Waals surface area contributed by atoms with Crippen molar-refractivity contribution in [2.45, 2.75) is 45.7 Å². The van der Waals surface area contributed by atoms with Crippen molar-refractivity contribution in [3.63, 3.8) is 0 Å². The first kappa shape index (κ1) is 8.60. The standard InChI is InChI=1S/C10H17N3/c1-7(2)11-10-12-8(3)6-13(10)9-4-5-9/h6-7,9H,4-5H2,1-3H3,(H,11,12). The molecule has 0 spiro atoms. The summed E-state index contributed by atoms with van der Waals surface area (Å²) in [5, 5.41) is 3.37. The lowest BCUT2D eigenvalue weighted by Gasteiger charge is -2.10. The maximum Gasteiger partial charge on any atom is 0.203 e. The molecule has 1 aromatic heterocycles. The quantitative estimate of drug-likeness (QED) is 0.771. The Morgan fingerprint density at radius 2 is 2.23 bits per heavy atom. The van der Waals surface area contributed by atoms with Gasteiger partial charge in [0, 0.05) is 18.3 Å². The average Bonchev–Trinajstić information content (AvgIpc) is 2.77. The Kier molecular flexibility index (Phi) is 2.02. The summed E-state index contributed by atoms with van der Waals surface area (Å²) in [6, 6.07) is 1.17. The third kappa shape index (κ3) is 1.85. The third-order valence-electron chi connectivity index (χ3n) is 2.21. The largest absolute Gasteiger partial charge is 0.353 e. The maximum absolute atomic E-state index is 4.46. The highest BCUT2D eigenvalue weighted by molar-refractivity contribution is 5.31. The predicted octanol–water partition coefficient (Wildman–Crippen LogP) is 2.35. The fraction of sp³-hybridized carbons (Fsp3) is 0.700. The van der Waals surface area contributed by atoms with E-state index in [1.165, 1.54) is 12.8 Å². The molecule has 0 saturated heterocycles. The van der Waals surface area contributed by atoms with E-state index < -0.39 is 0 Å². The molecule has 13 heavy (non-hydrogen) atoms. The Balaban J connectivity index is 2.21. The number of aromatic nitrogens is 2. The Morgan fingerprint density at radius 3 is 2.77 bits per heavy atom. The number of aryl methyl sites for hydroxylation is 1. The van der Waals surface area contributed by atoms with Crippen LogP contribution >= 0.6 is 0 Å². The molecule has 1 aliphatic carbocycles. The molecule has 1 N–H and O–H groups in total. The Morgan fingerprint density at radius 1 is 1.54 bits per heavy atom. The van der Waals surface area contributed by atoms with E-state index in [2.05, 4.69) is 34.9 Å². The van der Waals surface area contributed by atoms with Gasteiger partial charge in [-0.2, -0.15) is 0 Å². The van der Waals surface area contributed by atoms with Crippen molar-refractivity contribution < 1.29 is 0 Å². The molecule has 0 aromatic carbocycles. The van der Waals surface area contributed by atoms with Crippen molar-refractivity contribution in [3.05, 3.63) is 11.9 Å². The zero-order valence-electron chi connectivity index (χ0n) is 8.54. The van der Waals surface area contributed by atoms with Gasteiger partial charge < -0.3 is 9.88 Å². The molecule has 2 rings (SSSR count). The summed E-state index contributed by atoms with van der Waals surface area (Å²) in [7, 11) is 0. The molecular formula is C10H17N3. The summed E-state index contributed by atoms with van der Waals surface area (Å²) in [4.78, 5) is 4.46. The molecular weight excluding hydrogens is 162 g/mol. The van der Waals surface area contributed by atoms with E-state index in [1.807, 2.05) is 6.92 Å². The fourth-order valence-corrected chi connectivity index (χ4v) is 1.51. The molecule has 3 heteroatoms. The average molecular weight is 179 g/mol. The van der Waals surface area contributed by atoms with Gasteiger partial charge in [-0.3, -0.25) is 0 Å². The summed E-state index contributed by atoms with van der Waals surface area (Å²) in [5.74, 6) is 1.04. The molecule has 0 aliphatic heterocycles. The van der Waals surface area contributed by atoms with Gasteiger partial charge in [0.1, 0.15) is 0 Å². The van der Waals surface area contributed by atoms with E-state index in [-0.39, 0.29) is 0 Å². The van der Waals surface area contributed by atoms with Crippen molar-refractivity contribution in [2.75, 3.05) is 5.32 Å². The second kappa shape index (κ2) is 3.05. The van der Waals surface area contributed by atoms with Crippen LogP contribution in [0.4, 0.5) is 5.95 Å². The van der Waals surface area contributed by atoms with Gasteiger partial charge >= 0.3 is 0 Å². The summed E-state index contributed by atoms with van der Waals surface area (Å²) in [6.45, 7) is 6.33. The van der Waals surface area contributed by atoms with Crippen LogP contribution in [-0.4, -0.2) is 15.6 Å². The van der Waals surface area contributed by atoms with Gasteiger partial charge in [0.2, 0.25) is 5.95 Å². The molecule has 1 aliphatic rings. The lowest BCUT2D eigenvalue weighted by atomic mass is 10.4. The van der Waals surface area contributed by atoms with Crippen LogP contribution in [0.1, 0.15) is 38.4 Å². The molecule has 3 nitrogen and oxygen atoms in total. The molecule has 0 unspecified atom stereocenters. The van der Waals surface area contributed by atoms with Crippen molar-refractivity contribution >= 4 is 5.95 Å². The minimum atomic E-state index is 0.458. The van der Waals surface area contributed by atoms with Gasteiger partial charge in [0.25, 0.3) is 0 Å². The highest BCUT2D eigenvalue weighted by Gasteiger charge is 2.26. The van der Waals surface area contributed by atoms with Crippen molar-refractivity contribution in [1.29, 1.82) is 0 Å². The molecule has 0 radical (unpaired) electrons. The summed E-state index contributed by atoms with van der Waals surface area (Å²) >= 11 is 0. The van der Waals surface area contributed by atoms with Gasteiger partial charge in [0.05, 0.1) is 5.69 Å². The fourth-order valence-electron chi connectivity index (χ4n) is 1.51. The number of anilines is 1. The van der Waals surface area contributed by atoms with Crippen LogP contribution in [0.2, 0.25) is 0 Å². The summed E-state index contributed by atoms with van der Waals surface area (Å²) in [6.07, 6.45) is 4.76. The van der Waals surface area contributed by atoms with Crippen LogP contribution in [0.3, 0.4) is 0 Å². The zero-order valence-corrected chi connectivity index (χ0v) is 8.54. The Hall–Kier alpha value is -0.990. The summed E-state index contributed by atoms with van der Waals surface area (Å²) in [5.41, 5.74) is 1.11. The second-order valence-electron chi connectivity index (χ2n) is 4.14. The van der Waals surface area contributed by atoms with Gasteiger partial charge in [-0.05, 0) is 33.6 Å². The lowest BCUT2D eigenvalue weighted by Crippen LogP contribution is -2.14. The van der Waals surface area contributed by atoms with E-state index in [0.29, 0.717) is 12.1 Å². The maximum atomic E-state index is 4.46. The van der Waals surface area contributed by atoms with Crippen LogP contribution < -0.4 is 5.32 Å². The van der Waals surface area contributed by atoms with Gasteiger partial charge in [-0.25, -0.2) is 4.98 Å². The van der Waals surface area contributed by atoms with E-state index in [1.54, 1.807) is 0 Å². The second-order valence-corrected chi connectivity index (χ2v) is 4.14. The van der Waals surface area contributed by atoms with Gasteiger partial charge in [-0.15, -0.1) is 0 Å². The molecule has 1 aromatic rings. The SMILES string of the molecule is Cc1cn(C2CC2)c(NC(C)C)n1. The number of nitrogens with zero attached hydrogens (tertiary/aromatic N) is 2. The monoisotopic (exact) mass is 179 g/mol. The molecule has 72 valence electrons. The van der Waals surface area contributed by atoms with Crippen LogP contribution in [0.25, 0.3) is 0 Å². The van der Waals surface area contributed by atoms with Crippen molar-refractivity contribution in [1.82, 2.24) is 9.55 Å². The van der Waals surface area contributed by atoms with Crippen LogP contribution in [0, 0.1) is 6.92 Å². The van der Waals surface area contributed by atoms with Crippen LogP contribution in [0.5, 0.6) is 0 Å². The zero-order chi connectivity index (χ0) is 9.42. The minimum Gasteiger partial charge on any atom is -0.353 e. The highest BCUT2D eigenvalue weighted by Crippen LogP contribution is 2.37. The molecule has 1 fully saturated rings. The van der Waals surface area contributed by atoms with Crippen LogP contribution in [-0.2, 0) is 0 Å². The first-order valence-corrected chi connectivity index (χ1v) is 4.99. The van der Waals surface area contributed by atoms with Crippen molar-refractivity contribution in [3.8, 4) is 0 Å². The Labute approximate surface area is 79.2 Å². The van der Waals surface area contributed by atoms with Gasteiger partial charge in [-0.1, -0.05) is 0 Å². The molecule has 1 saturated carbocycles. The first-order valence-electron chi connectivity index (χ1n) is 4.99. The topological polar surface area (TPSA) is 29.9 Å². The number of hydrogen-bond donors (Lipinski definition) is 1. The highest BCUT2D eigenvalue weighted by atomic mass is 15.2. The molecule has 1 heterocycles. The predicted molar refractivity (Wildman–Crippen MR) is 54.0 cm³/mol. The van der Waals surface area contributed by atoms with E-state index in [4.69, 9.17) is 0 Å². The van der Waals surface area contributed by atoms with Gasteiger partial charge in [0.15, 0.2) is 0 Å². The number of hydrogen-bond acceptors (Lipinski definition) is 2. The van der Waals surface area contributed by atoms with Crippen molar-refractivity contribution in [2.24, 2.45) is 0 Å².